The summed E-state index contributed by atoms with van der Waals surface area (Å²) in [6.45, 7) is 3.97. The van der Waals surface area contributed by atoms with Crippen molar-refractivity contribution >= 4 is 35.2 Å². The molecule has 2 aliphatic rings. The van der Waals surface area contributed by atoms with Crippen molar-refractivity contribution in [3.8, 4) is 0 Å². The Kier molecular flexibility index (Phi) is 6.05. The average molecular weight is 401 g/mol. The topological polar surface area (TPSA) is 122 Å². The second-order valence-corrected chi connectivity index (χ2v) is 7.79. The number of amides is 4. The fraction of sp³-hybridized carbons (Fsp3) is 0.500. The van der Waals surface area contributed by atoms with E-state index < -0.39 is 30.0 Å². The van der Waals surface area contributed by atoms with E-state index in [1.807, 2.05) is 13.8 Å². The smallest absolute Gasteiger partial charge is 0.323 e. The molecule has 0 aromatic heterocycles. The first-order valence-electron chi connectivity index (χ1n) is 9.76. The molecule has 2 heterocycles. The minimum Gasteiger partial charge on any atom is -0.548 e. The summed E-state index contributed by atoms with van der Waals surface area (Å²) in [4.78, 5) is 51.9. The van der Waals surface area contributed by atoms with Gasteiger partial charge in [-0.2, -0.15) is 0 Å². The summed E-state index contributed by atoms with van der Waals surface area (Å²) >= 11 is 0. The van der Waals surface area contributed by atoms with Gasteiger partial charge in [0.05, 0.1) is 23.4 Å². The van der Waals surface area contributed by atoms with Crippen LogP contribution in [-0.2, 0) is 14.4 Å². The van der Waals surface area contributed by atoms with Crippen molar-refractivity contribution in [1.82, 2.24) is 10.2 Å². The van der Waals surface area contributed by atoms with Gasteiger partial charge >= 0.3 is 6.03 Å². The van der Waals surface area contributed by atoms with Crippen LogP contribution in [0.2, 0.25) is 0 Å². The quantitative estimate of drug-likeness (QED) is 0.735. The van der Waals surface area contributed by atoms with Crippen LogP contribution in [0.25, 0.3) is 0 Å². The predicted molar refractivity (Wildman–Crippen MR) is 104 cm³/mol. The van der Waals surface area contributed by atoms with Gasteiger partial charge in [-0.15, -0.1) is 0 Å². The Balaban J connectivity index is 1.80. The molecule has 0 unspecified atom stereocenters. The summed E-state index contributed by atoms with van der Waals surface area (Å²) in [5.74, 6) is -1.96. The van der Waals surface area contributed by atoms with E-state index in [0.717, 1.165) is 0 Å². The average Bonchev–Trinajstić information content (AvgIpc) is 3.15. The summed E-state index contributed by atoms with van der Waals surface area (Å²) < 4.78 is 0. The molecule has 0 spiro atoms. The molecule has 0 bridgehead atoms. The van der Waals surface area contributed by atoms with Crippen molar-refractivity contribution in [3.63, 3.8) is 0 Å². The van der Waals surface area contributed by atoms with Gasteiger partial charge in [-0.25, -0.2) is 4.79 Å². The molecule has 1 aromatic carbocycles. The Bertz CT molecular complexity index is 825. The number of benzene rings is 1. The van der Waals surface area contributed by atoms with E-state index in [4.69, 9.17) is 0 Å². The second kappa shape index (κ2) is 8.50. The molecule has 3 rings (SSSR count). The van der Waals surface area contributed by atoms with Crippen LogP contribution in [0.15, 0.2) is 24.3 Å². The number of carbonyl (C=O) groups is 4. The first-order chi connectivity index (χ1) is 13.8. The van der Waals surface area contributed by atoms with Crippen molar-refractivity contribution in [2.45, 2.75) is 45.2 Å². The molecule has 9 nitrogen and oxygen atoms in total. The van der Waals surface area contributed by atoms with Crippen molar-refractivity contribution in [1.29, 1.82) is 0 Å². The lowest BCUT2D eigenvalue weighted by Crippen LogP contribution is -2.57. The van der Waals surface area contributed by atoms with Crippen molar-refractivity contribution in [2.75, 3.05) is 23.3 Å². The Morgan fingerprint density at radius 1 is 1.28 bits per heavy atom. The largest absolute Gasteiger partial charge is 0.548 e. The maximum atomic E-state index is 13.0. The van der Waals surface area contributed by atoms with Crippen molar-refractivity contribution in [2.24, 2.45) is 5.92 Å². The third-order valence-electron chi connectivity index (χ3n) is 5.13. The molecule has 1 fully saturated rings. The predicted octanol–water partition coefficient (Wildman–Crippen LogP) is 0.310. The zero-order valence-corrected chi connectivity index (χ0v) is 16.5. The van der Waals surface area contributed by atoms with Crippen LogP contribution in [0.3, 0.4) is 0 Å². The number of fused-ring (bicyclic) bond motifs is 1. The molecule has 1 saturated heterocycles. The van der Waals surface area contributed by atoms with Gasteiger partial charge in [0.15, 0.2) is 0 Å². The van der Waals surface area contributed by atoms with Gasteiger partial charge in [0.1, 0.15) is 12.6 Å². The minimum absolute atomic E-state index is 0.0881. The number of nitrogens with one attached hydrogen (secondary N) is 2. The molecule has 2 atom stereocenters. The number of likely N-dealkylation sites (tertiary alicyclic amines) is 1. The van der Waals surface area contributed by atoms with Crippen LogP contribution < -0.4 is 20.6 Å². The zero-order valence-electron chi connectivity index (χ0n) is 16.5. The molecule has 0 radical (unpaired) electrons. The molecule has 4 amide bonds. The summed E-state index contributed by atoms with van der Waals surface area (Å²) in [5.41, 5.74) is 1.05. The number of carbonyl (C=O) groups excluding carboxylic acids is 4. The van der Waals surface area contributed by atoms with Crippen LogP contribution in [-0.4, -0.2) is 53.9 Å². The van der Waals surface area contributed by atoms with Crippen LogP contribution in [0.4, 0.5) is 16.2 Å². The van der Waals surface area contributed by atoms with Gasteiger partial charge in [0.2, 0.25) is 11.8 Å². The highest BCUT2D eigenvalue weighted by Crippen LogP contribution is 2.29. The fourth-order valence-corrected chi connectivity index (χ4v) is 3.81. The van der Waals surface area contributed by atoms with Crippen molar-refractivity contribution < 1.29 is 24.3 Å². The molecular weight excluding hydrogens is 376 g/mol. The molecule has 156 valence electrons. The highest BCUT2D eigenvalue weighted by molar-refractivity contribution is 6.10. The summed E-state index contributed by atoms with van der Waals surface area (Å²) in [7, 11) is 0. The van der Waals surface area contributed by atoms with Gasteiger partial charge in [-0.05, 0) is 37.3 Å². The Morgan fingerprint density at radius 3 is 2.69 bits per heavy atom. The highest BCUT2D eigenvalue weighted by Gasteiger charge is 2.36. The molecule has 2 N–H and O–H groups in total. The van der Waals surface area contributed by atoms with E-state index in [1.165, 1.54) is 9.80 Å². The number of hydrogen-bond acceptors (Lipinski definition) is 5. The van der Waals surface area contributed by atoms with Crippen LogP contribution in [0.1, 0.15) is 33.1 Å². The molecule has 2 aliphatic heterocycles. The molecular formula is C20H25N4O5-. The number of para-hydroxylation sites is 2. The van der Waals surface area contributed by atoms with E-state index in [1.54, 1.807) is 24.3 Å². The minimum atomic E-state index is -1.29. The van der Waals surface area contributed by atoms with Crippen LogP contribution in [0.5, 0.6) is 0 Å². The Morgan fingerprint density at radius 2 is 2.00 bits per heavy atom. The lowest BCUT2D eigenvalue weighted by Gasteiger charge is -2.33. The zero-order chi connectivity index (χ0) is 21.1. The standard InChI is InChI=1S/C20H26N4O5/c1-12(2)10-14(18(26)23-9-5-8-16(23)19(27)28)22-20(29)24-11-17(25)21-13-6-3-4-7-15(13)24/h3-4,6-7,12,14,16H,5,8-11H2,1-2H3,(H,21,25)(H,22,29)(H,27,28)/p-1/t14-,16-/m0/s1. The molecule has 1 aromatic rings. The number of nitrogens with zero attached hydrogens (tertiary/aromatic N) is 2. The maximum Gasteiger partial charge on any atom is 0.323 e. The van der Waals surface area contributed by atoms with Crippen LogP contribution in [0, 0.1) is 5.92 Å². The van der Waals surface area contributed by atoms with Gasteiger partial charge in [-0.1, -0.05) is 26.0 Å². The monoisotopic (exact) mass is 401 g/mol. The molecule has 29 heavy (non-hydrogen) atoms. The number of carboxylic acids is 1. The lowest BCUT2D eigenvalue weighted by molar-refractivity contribution is -0.310. The Labute approximate surface area is 169 Å². The first kappa shape index (κ1) is 20.6. The number of urea groups is 1. The third kappa shape index (κ3) is 4.49. The molecule has 9 heteroatoms. The van der Waals surface area contributed by atoms with Crippen LogP contribution >= 0.6 is 0 Å². The van der Waals surface area contributed by atoms with E-state index in [0.29, 0.717) is 37.2 Å². The third-order valence-corrected chi connectivity index (χ3v) is 5.13. The summed E-state index contributed by atoms with van der Waals surface area (Å²) in [6.07, 6.45) is 1.27. The van der Waals surface area contributed by atoms with Gasteiger partial charge in [0, 0.05) is 6.54 Å². The number of aliphatic carboxylic acids is 1. The van der Waals surface area contributed by atoms with Crippen molar-refractivity contribution in [3.05, 3.63) is 24.3 Å². The maximum absolute atomic E-state index is 13.0. The normalized spacial score (nSPS) is 19.6. The van der Waals surface area contributed by atoms with E-state index in [-0.39, 0.29) is 18.4 Å². The summed E-state index contributed by atoms with van der Waals surface area (Å²) in [6, 6.07) is 4.46. The number of hydrogen-bond donors (Lipinski definition) is 2. The van der Waals surface area contributed by atoms with Gasteiger partial charge in [-0.3, -0.25) is 14.5 Å². The molecule has 0 aliphatic carbocycles. The van der Waals surface area contributed by atoms with E-state index in [2.05, 4.69) is 10.6 Å². The van der Waals surface area contributed by atoms with Gasteiger partial charge in [0.25, 0.3) is 0 Å². The van der Waals surface area contributed by atoms with Gasteiger partial charge < -0.3 is 25.4 Å². The fourth-order valence-electron chi connectivity index (χ4n) is 3.81. The lowest BCUT2D eigenvalue weighted by atomic mass is 10.0. The number of anilines is 2. The SMILES string of the molecule is CC(C)C[C@H](NC(=O)N1CC(=O)Nc2ccccc21)C(=O)N1CCC[C@H]1C(=O)[O-]. The summed E-state index contributed by atoms with van der Waals surface area (Å²) in [5, 5.41) is 16.8. The van der Waals surface area contributed by atoms with E-state index >= 15 is 0 Å². The number of rotatable bonds is 5. The second-order valence-electron chi connectivity index (χ2n) is 7.79. The highest BCUT2D eigenvalue weighted by atomic mass is 16.4. The number of carboxylic acid groups (broad SMARTS) is 1. The Hall–Kier alpha value is -3.10. The molecule has 0 saturated carbocycles. The van der Waals surface area contributed by atoms with E-state index in [9.17, 15) is 24.3 Å². The first-order valence-corrected chi connectivity index (χ1v) is 9.76.